The van der Waals surface area contributed by atoms with Crippen LogP contribution in [0.3, 0.4) is 0 Å². The minimum absolute atomic E-state index is 0.283. The molecule has 0 unspecified atom stereocenters. The third-order valence-corrected chi connectivity index (χ3v) is 4.43. The molecule has 0 spiro atoms. The van der Waals surface area contributed by atoms with Crippen molar-refractivity contribution >= 4 is 27.6 Å². The van der Waals surface area contributed by atoms with Crippen molar-refractivity contribution in [2.45, 2.75) is 44.1 Å². The van der Waals surface area contributed by atoms with Gasteiger partial charge in [0.1, 0.15) is 0 Å². The smallest absolute Gasteiger partial charge is 0.319 e. The second kappa shape index (κ2) is 7.09. The Labute approximate surface area is 128 Å². The molecule has 1 saturated carbocycles. The number of nitrogens with one attached hydrogen (secondary N) is 2. The maximum Gasteiger partial charge on any atom is 0.319 e. The lowest BCUT2D eigenvalue weighted by Gasteiger charge is -2.26. The van der Waals surface area contributed by atoms with Crippen molar-refractivity contribution in [2.75, 3.05) is 11.9 Å². The third-order valence-electron chi connectivity index (χ3n) is 3.73. The van der Waals surface area contributed by atoms with Gasteiger partial charge in [-0.2, -0.15) is 0 Å². The predicted molar refractivity (Wildman–Crippen MR) is 83.8 cm³/mol. The summed E-state index contributed by atoms with van der Waals surface area (Å²) in [4.78, 5) is 11.9. The van der Waals surface area contributed by atoms with E-state index in [2.05, 4.69) is 26.6 Å². The number of hydrogen-bond acceptors (Lipinski definition) is 2. The molecule has 5 heteroatoms. The molecule has 0 heterocycles. The average Bonchev–Trinajstić information content (AvgIpc) is 2.65. The van der Waals surface area contributed by atoms with Gasteiger partial charge in [-0.15, -0.1) is 0 Å². The Bertz CT molecular complexity index is 457. The third kappa shape index (κ3) is 4.49. The molecular weight excluding hydrogens is 320 g/mol. The minimum atomic E-state index is -0.748. The fourth-order valence-electron chi connectivity index (χ4n) is 2.54. The summed E-state index contributed by atoms with van der Waals surface area (Å²) in [5.74, 6) is 0. The summed E-state index contributed by atoms with van der Waals surface area (Å²) in [6.45, 7) is 0.309. The van der Waals surface area contributed by atoms with Crippen LogP contribution in [0, 0.1) is 0 Å². The van der Waals surface area contributed by atoms with Gasteiger partial charge in [-0.05, 0) is 40.9 Å². The van der Waals surface area contributed by atoms with Crippen LogP contribution in [0.2, 0.25) is 0 Å². The molecule has 0 aliphatic heterocycles. The van der Waals surface area contributed by atoms with Crippen LogP contribution in [0.4, 0.5) is 10.5 Å². The summed E-state index contributed by atoms with van der Waals surface area (Å²) in [7, 11) is 0. The zero-order chi connectivity index (χ0) is 14.4. The van der Waals surface area contributed by atoms with Crippen molar-refractivity contribution in [3.05, 3.63) is 28.7 Å². The molecule has 4 nitrogen and oxygen atoms in total. The maximum atomic E-state index is 11.9. The first kappa shape index (κ1) is 15.3. The predicted octanol–water partition coefficient (Wildman–Crippen LogP) is 3.66. The molecule has 0 bridgehead atoms. The van der Waals surface area contributed by atoms with Gasteiger partial charge in [0.2, 0.25) is 0 Å². The summed E-state index contributed by atoms with van der Waals surface area (Å²) < 4.78 is 0.836. The Morgan fingerprint density at radius 3 is 2.50 bits per heavy atom. The highest BCUT2D eigenvalue weighted by molar-refractivity contribution is 9.10. The molecule has 2 amide bonds. The number of hydrogen-bond donors (Lipinski definition) is 3. The molecule has 3 N–H and O–H groups in total. The van der Waals surface area contributed by atoms with Gasteiger partial charge in [0.05, 0.1) is 11.3 Å². The number of benzene rings is 1. The first-order valence-electron chi connectivity index (χ1n) is 7.11. The van der Waals surface area contributed by atoms with Gasteiger partial charge in [0.15, 0.2) is 0 Å². The molecular formula is C15H21BrN2O2. The van der Waals surface area contributed by atoms with E-state index in [1.807, 2.05) is 24.3 Å². The Balaban J connectivity index is 1.84. The molecule has 20 heavy (non-hydrogen) atoms. The van der Waals surface area contributed by atoms with Crippen LogP contribution >= 0.6 is 15.9 Å². The van der Waals surface area contributed by atoms with Crippen molar-refractivity contribution in [1.29, 1.82) is 0 Å². The molecule has 110 valence electrons. The highest BCUT2D eigenvalue weighted by atomic mass is 79.9. The fourth-order valence-corrected chi connectivity index (χ4v) is 2.92. The second-order valence-electron chi connectivity index (χ2n) is 5.43. The normalized spacial score (nSPS) is 18.1. The Kier molecular flexibility index (Phi) is 5.43. The Hall–Kier alpha value is -1.07. The number of rotatable bonds is 3. The van der Waals surface area contributed by atoms with E-state index in [1.54, 1.807) is 0 Å². The molecule has 1 aliphatic carbocycles. The van der Waals surface area contributed by atoms with Crippen LogP contribution in [0.15, 0.2) is 28.7 Å². The number of halogens is 1. The molecule has 2 rings (SSSR count). The first-order chi connectivity index (χ1) is 9.59. The van der Waals surface area contributed by atoms with E-state index >= 15 is 0 Å². The van der Waals surface area contributed by atoms with E-state index < -0.39 is 5.60 Å². The number of carbonyl (C=O) groups is 1. The Morgan fingerprint density at radius 2 is 1.85 bits per heavy atom. The van der Waals surface area contributed by atoms with Crippen LogP contribution in [0.25, 0.3) is 0 Å². The van der Waals surface area contributed by atoms with Crippen molar-refractivity contribution in [2.24, 2.45) is 0 Å². The zero-order valence-electron chi connectivity index (χ0n) is 11.5. The van der Waals surface area contributed by atoms with Crippen molar-refractivity contribution in [1.82, 2.24) is 5.32 Å². The second-order valence-corrected chi connectivity index (χ2v) is 6.28. The molecule has 0 aromatic heterocycles. The van der Waals surface area contributed by atoms with Crippen LogP contribution in [-0.4, -0.2) is 23.3 Å². The molecule has 1 aromatic rings. The molecule has 0 atom stereocenters. The maximum absolute atomic E-state index is 11.9. The largest absolute Gasteiger partial charge is 0.388 e. The molecule has 0 saturated heterocycles. The van der Waals surface area contributed by atoms with Crippen molar-refractivity contribution in [3.63, 3.8) is 0 Å². The van der Waals surface area contributed by atoms with Crippen molar-refractivity contribution in [3.8, 4) is 0 Å². The summed E-state index contributed by atoms with van der Waals surface area (Å²) in [5, 5.41) is 16.0. The minimum Gasteiger partial charge on any atom is -0.388 e. The highest BCUT2D eigenvalue weighted by Gasteiger charge is 2.28. The summed E-state index contributed by atoms with van der Waals surface area (Å²) in [6.07, 6.45) is 5.94. The first-order valence-corrected chi connectivity index (χ1v) is 7.90. The van der Waals surface area contributed by atoms with E-state index in [0.717, 1.165) is 35.8 Å². The summed E-state index contributed by atoms with van der Waals surface area (Å²) in [6, 6.07) is 7.16. The topological polar surface area (TPSA) is 61.4 Å². The molecule has 1 aliphatic rings. The molecule has 1 aromatic carbocycles. The van der Waals surface area contributed by atoms with Gasteiger partial charge >= 0.3 is 6.03 Å². The van der Waals surface area contributed by atoms with E-state index in [-0.39, 0.29) is 6.03 Å². The SMILES string of the molecule is O=C(NCC1(O)CCCCCC1)Nc1ccccc1Br. The molecule has 1 fully saturated rings. The number of carbonyl (C=O) groups excluding carboxylic acids is 1. The number of amides is 2. The van der Waals surface area contributed by atoms with E-state index in [4.69, 9.17) is 0 Å². The highest BCUT2D eigenvalue weighted by Crippen LogP contribution is 2.26. The lowest BCUT2D eigenvalue weighted by atomic mass is 9.95. The van der Waals surface area contributed by atoms with Gasteiger partial charge in [-0.25, -0.2) is 4.79 Å². The zero-order valence-corrected chi connectivity index (χ0v) is 13.1. The number of anilines is 1. The number of aliphatic hydroxyl groups is 1. The molecule has 0 radical (unpaired) electrons. The Morgan fingerprint density at radius 1 is 1.20 bits per heavy atom. The van der Waals surface area contributed by atoms with E-state index in [0.29, 0.717) is 6.54 Å². The van der Waals surface area contributed by atoms with Crippen LogP contribution < -0.4 is 10.6 Å². The van der Waals surface area contributed by atoms with Gasteiger partial charge in [0.25, 0.3) is 0 Å². The summed E-state index contributed by atoms with van der Waals surface area (Å²) >= 11 is 3.38. The van der Waals surface area contributed by atoms with E-state index in [9.17, 15) is 9.90 Å². The standard InChI is InChI=1S/C15H21BrN2O2/c16-12-7-3-4-8-13(12)18-14(19)17-11-15(20)9-5-1-2-6-10-15/h3-4,7-8,20H,1-2,5-6,9-11H2,(H2,17,18,19). The van der Waals surface area contributed by atoms with Crippen LogP contribution in [0.1, 0.15) is 38.5 Å². The van der Waals surface area contributed by atoms with Gasteiger partial charge in [0, 0.05) is 11.0 Å². The summed E-state index contributed by atoms with van der Waals surface area (Å²) in [5.41, 5.74) is -0.0280. The quantitative estimate of drug-likeness (QED) is 0.735. The lowest BCUT2D eigenvalue weighted by Crippen LogP contribution is -2.44. The van der Waals surface area contributed by atoms with Gasteiger partial charge < -0.3 is 15.7 Å². The fraction of sp³-hybridized carbons (Fsp3) is 0.533. The number of para-hydroxylation sites is 1. The van der Waals surface area contributed by atoms with Gasteiger partial charge in [-0.3, -0.25) is 0 Å². The number of urea groups is 1. The van der Waals surface area contributed by atoms with Crippen molar-refractivity contribution < 1.29 is 9.90 Å². The van der Waals surface area contributed by atoms with Gasteiger partial charge in [-0.1, -0.05) is 37.8 Å². The van der Waals surface area contributed by atoms with Crippen LogP contribution in [0.5, 0.6) is 0 Å². The lowest BCUT2D eigenvalue weighted by molar-refractivity contribution is 0.0281. The van der Waals surface area contributed by atoms with E-state index in [1.165, 1.54) is 12.8 Å². The van der Waals surface area contributed by atoms with Crippen LogP contribution in [-0.2, 0) is 0 Å². The monoisotopic (exact) mass is 340 g/mol. The average molecular weight is 341 g/mol.